The molecule has 0 radical (unpaired) electrons. The van der Waals surface area contributed by atoms with Crippen LogP contribution in [0.25, 0.3) is 11.1 Å². The van der Waals surface area contributed by atoms with Crippen molar-refractivity contribution in [3.63, 3.8) is 0 Å². The van der Waals surface area contributed by atoms with Crippen molar-refractivity contribution in [3.05, 3.63) is 59.7 Å². The molecule has 0 atom stereocenters. The number of morpholine rings is 1. The SMILES string of the molecule is CC(C)(C)c1ccc(-c2ccc(CCN3CCOCC3)cc2)cc1. The number of benzene rings is 2. The summed E-state index contributed by atoms with van der Waals surface area (Å²) in [6, 6.07) is 18.0. The van der Waals surface area contributed by atoms with E-state index >= 15 is 0 Å². The predicted octanol–water partition coefficient (Wildman–Crippen LogP) is 4.53. The smallest absolute Gasteiger partial charge is 0.0594 e. The lowest BCUT2D eigenvalue weighted by molar-refractivity contribution is 0.0384. The van der Waals surface area contributed by atoms with Gasteiger partial charge in [0, 0.05) is 19.6 Å². The Balaban J connectivity index is 1.61. The second kappa shape index (κ2) is 7.50. The summed E-state index contributed by atoms with van der Waals surface area (Å²) >= 11 is 0. The zero-order valence-electron chi connectivity index (χ0n) is 15.2. The number of hydrogen-bond donors (Lipinski definition) is 0. The molecule has 24 heavy (non-hydrogen) atoms. The summed E-state index contributed by atoms with van der Waals surface area (Å²) in [7, 11) is 0. The van der Waals surface area contributed by atoms with Gasteiger partial charge in [-0.25, -0.2) is 0 Å². The first-order chi connectivity index (χ1) is 11.5. The molecule has 128 valence electrons. The van der Waals surface area contributed by atoms with Gasteiger partial charge in [-0.1, -0.05) is 69.3 Å². The standard InChI is InChI=1S/C22H29NO/c1-22(2,3)21-10-8-20(9-11-21)19-6-4-18(5-7-19)12-13-23-14-16-24-17-15-23/h4-11H,12-17H2,1-3H3. The molecule has 0 saturated carbocycles. The summed E-state index contributed by atoms with van der Waals surface area (Å²) in [6.45, 7) is 11.8. The second-order valence-corrected chi connectivity index (χ2v) is 7.73. The second-order valence-electron chi connectivity index (χ2n) is 7.73. The quantitative estimate of drug-likeness (QED) is 0.820. The van der Waals surface area contributed by atoms with Gasteiger partial charge in [0.25, 0.3) is 0 Å². The summed E-state index contributed by atoms with van der Waals surface area (Å²) in [6.07, 6.45) is 1.11. The van der Waals surface area contributed by atoms with E-state index in [1.54, 1.807) is 0 Å². The first kappa shape index (κ1) is 17.2. The van der Waals surface area contributed by atoms with Gasteiger partial charge < -0.3 is 4.74 Å². The molecular formula is C22H29NO. The minimum atomic E-state index is 0.210. The van der Waals surface area contributed by atoms with Gasteiger partial charge in [-0.15, -0.1) is 0 Å². The van der Waals surface area contributed by atoms with Gasteiger partial charge in [-0.3, -0.25) is 4.90 Å². The Morgan fingerprint density at radius 2 is 1.38 bits per heavy atom. The van der Waals surface area contributed by atoms with Crippen LogP contribution in [0.15, 0.2) is 48.5 Å². The largest absolute Gasteiger partial charge is 0.379 e. The number of ether oxygens (including phenoxy) is 1. The number of nitrogens with zero attached hydrogens (tertiary/aromatic N) is 1. The molecule has 1 fully saturated rings. The molecular weight excluding hydrogens is 294 g/mol. The van der Waals surface area contributed by atoms with Crippen molar-refractivity contribution in [2.45, 2.75) is 32.6 Å². The summed E-state index contributed by atoms with van der Waals surface area (Å²) in [5.41, 5.74) is 5.60. The molecule has 0 aliphatic carbocycles. The van der Waals surface area contributed by atoms with E-state index in [9.17, 15) is 0 Å². The molecule has 0 spiro atoms. The fourth-order valence-electron chi connectivity index (χ4n) is 3.14. The van der Waals surface area contributed by atoms with Crippen molar-refractivity contribution in [3.8, 4) is 11.1 Å². The summed E-state index contributed by atoms with van der Waals surface area (Å²) in [5, 5.41) is 0. The van der Waals surface area contributed by atoms with Crippen LogP contribution in [0, 0.1) is 0 Å². The average molecular weight is 323 g/mol. The first-order valence-electron chi connectivity index (χ1n) is 9.02. The fraction of sp³-hybridized carbons (Fsp3) is 0.455. The Morgan fingerprint density at radius 1 is 0.833 bits per heavy atom. The van der Waals surface area contributed by atoms with Crippen LogP contribution in [0.5, 0.6) is 0 Å². The molecule has 1 saturated heterocycles. The highest BCUT2D eigenvalue weighted by Crippen LogP contribution is 2.26. The van der Waals surface area contributed by atoms with E-state index in [0.717, 1.165) is 39.3 Å². The third-order valence-corrected chi connectivity index (χ3v) is 4.86. The summed E-state index contributed by atoms with van der Waals surface area (Å²) in [5.74, 6) is 0. The first-order valence-corrected chi connectivity index (χ1v) is 9.02. The third-order valence-electron chi connectivity index (χ3n) is 4.86. The van der Waals surface area contributed by atoms with Crippen molar-refractivity contribution in [2.75, 3.05) is 32.8 Å². The topological polar surface area (TPSA) is 12.5 Å². The van der Waals surface area contributed by atoms with Crippen molar-refractivity contribution in [2.24, 2.45) is 0 Å². The molecule has 2 heteroatoms. The Kier molecular flexibility index (Phi) is 5.37. The highest BCUT2D eigenvalue weighted by atomic mass is 16.5. The van der Waals surface area contributed by atoms with Gasteiger partial charge in [0.2, 0.25) is 0 Å². The Bertz CT molecular complexity index is 631. The molecule has 2 aromatic rings. The van der Waals surface area contributed by atoms with Crippen molar-refractivity contribution < 1.29 is 4.74 Å². The van der Waals surface area contributed by atoms with Crippen molar-refractivity contribution in [1.82, 2.24) is 4.90 Å². The minimum absolute atomic E-state index is 0.210. The molecule has 1 aliphatic heterocycles. The summed E-state index contributed by atoms with van der Waals surface area (Å²) in [4.78, 5) is 2.49. The number of rotatable bonds is 4. The van der Waals surface area contributed by atoms with Crippen LogP contribution in [-0.4, -0.2) is 37.7 Å². The maximum atomic E-state index is 5.40. The van der Waals surface area contributed by atoms with Gasteiger partial charge in [-0.2, -0.15) is 0 Å². The van der Waals surface area contributed by atoms with E-state index in [1.165, 1.54) is 22.3 Å². The maximum absolute atomic E-state index is 5.40. The Hall–Kier alpha value is -1.64. The van der Waals surface area contributed by atoms with E-state index in [2.05, 4.69) is 74.2 Å². The van der Waals surface area contributed by atoms with E-state index in [1.807, 2.05) is 0 Å². The van der Waals surface area contributed by atoms with E-state index in [0.29, 0.717) is 0 Å². The minimum Gasteiger partial charge on any atom is -0.379 e. The zero-order chi connectivity index (χ0) is 17.0. The van der Waals surface area contributed by atoms with E-state index < -0.39 is 0 Å². The molecule has 0 unspecified atom stereocenters. The molecule has 0 amide bonds. The normalized spacial score (nSPS) is 16.3. The zero-order valence-corrected chi connectivity index (χ0v) is 15.2. The lowest BCUT2D eigenvalue weighted by atomic mass is 9.86. The maximum Gasteiger partial charge on any atom is 0.0594 e. The molecule has 0 aromatic heterocycles. The van der Waals surface area contributed by atoms with Crippen LogP contribution in [-0.2, 0) is 16.6 Å². The molecule has 2 aromatic carbocycles. The highest BCUT2D eigenvalue weighted by molar-refractivity contribution is 5.64. The van der Waals surface area contributed by atoms with Crippen molar-refractivity contribution in [1.29, 1.82) is 0 Å². The lowest BCUT2D eigenvalue weighted by Crippen LogP contribution is -2.37. The molecule has 0 N–H and O–H groups in total. The van der Waals surface area contributed by atoms with Crippen LogP contribution in [0.2, 0.25) is 0 Å². The van der Waals surface area contributed by atoms with E-state index in [-0.39, 0.29) is 5.41 Å². The molecule has 0 bridgehead atoms. The van der Waals surface area contributed by atoms with Crippen LogP contribution in [0.4, 0.5) is 0 Å². The van der Waals surface area contributed by atoms with Gasteiger partial charge in [-0.05, 0) is 34.1 Å². The molecule has 1 aliphatic rings. The van der Waals surface area contributed by atoms with Crippen LogP contribution in [0.3, 0.4) is 0 Å². The Morgan fingerprint density at radius 3 is 1.92 bits per heavy atom. The van der Waals surface area contributed by atoms with Gasteiger partial charge in [0.15, 0.2) is 0 Å². The number of hydrogen-bond acceptors (Lipinski definition) is 2. The van der Waals surface area contributed by atoms with Gasteiger partial charge in [0.05, 0.1) is 13.2 Å². The van der Waals surface area contributed by atoms with Crippen LogP contribution >= 0.6 is 0 Å². The van der Waals surface area contributed by atoms with Crippen LogP contribution in [0.1, 0.15) is 31.9 Å². The highest BCUT2D eigenvalue weighted by Gasteiger charge is 2.13. The molecule has 2 nitrogen and oxygen atoms in total. The van der Waals surface area contributed by atoms with E-state index in [4.69, 9.17) is 4.74 Å². The third kappa shape index (κ3) is 4.46. The van der Waals surface area contributed by atoms with Gasteiger partial charge in [0.1, 0.15) is 0 Å². The predicted molar refractivity (Wildman–Crippen MR) is 102 cm³/mol. The van der Waals surface area contributed by atoms with Crippen LogP contribution < -0.4 is 0 Å². The fourth-order valence-corrected chi connectivity index (χ4v) is 3.14. The van der Waals surface area contributed by atoms with Gasteiger partial charge >= 0.3 is 0 Å². The lowest BCUT2D eigenvalue weighted by Gasteiger charge is -2.26. The molecule has 1 heterocycles. The van der Waals surface area contributed by atoms with Crippen molar-refractivity contribution >= 4 is 0 Å². The monoisotopic (exact) mass is 323 g/mol. The summed E-state index contributed by atoms with van der Waals surface area (Å²) < 4.78 is 5.40. The molecule has 3 rings (SSSR count). The Labute approximate surface area is 146 Å². The average Bonchev–Trinajstić information content (AvgIpc) is 2.61.